The zero-order valence-corrected chi connectivity index (χ0v) is 13.4. The van der Waals surface area contributed by atoms with Gasteiger partial charge >= 0.3 is 0 Å². The van der Waals surface area contributed by atoms with Crippen molar-refractivity contribution in [3.63, 3.8) is 0 Å². The van der Waals surface area contributed by atoms with Crippen LogP contribution >= 0.6 is 0 Å². The fourth-order valence-corrected chi connectivity index (χ4v) is 2.59. The van der Waals surface area contributed by atoms with Crippen molar-refractivity contribution >= 4 is 21.6 Å². The second kappa shape index (κ2) is 7.47. The molecule has 0 aliphatic heterocycles. The summed E-state index contributed by atoms with van der Waals surface area (Å²) in [6, 6.07) is 7.89. The topological polar surface area (TPSA) is 84.5 Å². The van der Waals surface area contributed by atoms with E-state index in [9.17, 15) is 22.0 Å². The Morgan fingerprint density at radius 3 is 2.33 bits per heavy atom. The summed E-state index contributed by atoms with van der Waals surface area (Å²) in [5.41, 5.74) is 0.890. The third-order valence-corrected chi connectivity index (χ3v) is 4.19. The number of hydrogen-bond acceptors (Lipinski definition) is 4. The number of benzene rings is 2. The van der Waals surface area contributed by atoms with Crippen molar-refractivity contribution in [3.05, 3.63) is 59.7 Å². The van der Waals surface area contributed by atoms with E-state index in [1.165, 1.54) is 18.2 Å². The molecule has 0 aliphatic rings. The third kappa shape index (κ3) is 4.82. The van der Waals surface area contributed by atoms with Gasteiger partial charge in [0.2, 0.25) is 0 Å². The maximum Gasteiger partial charge on any atom is 0.262 e. The van der Waals surface area contributed by atoms with Gasteiger partial charge in [-0.15, -0.1) is 0 Å². The van der Waals surface area contributed by atoms with Gasteiger partial charge in [-0.2, -0.15) is 0 Å². The van der Waals surface area contributed by atoms with Crippen LogP contribution in [0.25, 0.3) is 0 Å². The zero-order valence-electron chi connectivity index (χ0n) is 12.5. The summed E-state index contributed by atoms with van der Waals surface area (Å²) in [6.07, 6.45) is 0. The normalized spacial score (nSPS) is 11.3. The molecule has 0 spiro atoms. The first-order valence-corrected chi connectivity index (χ1v) is 8.21. The van der Waals surface area contributed by atoms with Crippen LogP contribution in [0.5, 0.6) is 0 Å². The lowest BCUT2D eigenvalue weighted by Gasteiger charge is -2.09. The molecule has 0 aromatic heterocycles. The Balaban J connectivity index is 1.89. The molecule has 0 radical (unpaired) electrons. The smallest absolute Gasteiger partial charge is 0.262 e. The predicted octanol–water partition coefficient (Wildman–Crippen LogP) is 2.12. The van der Waals surface area contributed by atoms with Gasteiger partial charge < -0.3 is 5.32 Å². The fraction of sp³-hybridized carbons (Fsp3) is 0.133. The number of carbonyl (C=O) groups excluding carboxylic acids is 1. The summed E-state index contributed by atoms with van der Waals surface area (Å²) in [7, 11) is -4.03. The Morgan fingerprint density at radius 2 is 1.71 bits per heavy atom. The summed E-state index contributed by atoms with van der Waals surface area (Å²) < 4.78 is 49.4. The second-order valence-corrected chi connectivity index (χ2v) is 6.48. The van der Waals surface area contributed by atoms with Crippen molar-refractivity contribution in [2.75, 3.05) is 11.9 Å². The quantitative estimate of drug-likeness (QED) is 0.777. The van der Waals surface area contributed by atoms with E-state index in [-0.39, 0.29) is 4.90 Å². The maximum atomic E-state index is 13.0. The summed E-state index contributed by atoms with van der Waals surface area (Å²) in [5, 5.41) is 2.46. The van der Waals surface area contributed by atoms with Crippen molar-refractivity contribution in [1.29, 1.82) is 0 Å². The van der Waals surface area contributed by atoms with Crippen LogP contribution in [0.3, 0.4) is 0 Å². The Labute approximate surface area is 137 Å². The summed E-state index contributed by atoms with van der Waals surface area (Å²) in [5.74, 6) is -1.65. The summed E-state index contributed by atoms with van der Waals surface area (Å²) in [4.78, 5) is 17.9. The second-order valence-electron chi connectivity index (χ2n) is 4.84. The third-order valence-electron chi connectivity index (χ3n) is 2.96. The van der Waals surface area contributed by atoms with E-state index in [4.69, 9.17) is 0 Å². The highest BCUT2D eigenvalue weighted by molar-refractivity contribution is 7.89. The van der Waals surface area contributed by atoms with E-state index >= 15 is 0 Å². The van der Waals surface area contributed by atoms with Crippen molar-refractivity contribution in [2.24, 2.45) is 0 Å². The molecule has 9 heteroatoms. The van der Waals surface area contributed by atoms with E-state index in [1.807, 2.05) is 0 Å². The van der Waals surface area contributed by atoms with Gasteiger partial charge in [-0.25, -0.2) is 17.2 Å². The molecule has 0 atom stereocenters. The molecule has 2 aromatic carbocycles. The molecule has 2 aromatic rings. The lowest BCUT2D eigenvalue weighted by molar-refractivity contribution is -0.121. The molecule has 6 nitrogen and oxygen atoms in total. The summed E-state index contributed by atoms with van der Waals surface area (Å²) in [6.45, 7) is 1.01. The van der Waals surface area contributed by atoms with Crippen molar-refractivity contribution in [3.8, 4) is 0 Å². The Morgan fingerprint density at radius 1 is 1.08 bits per heavy atom. The van der Waals surface area contributed by atoms with Gasteiger partial charge in [0, 0.05) is 5.69 Å². The number of anilines is 1. The van der Waals surface area contributed by atoms with E-state index in [0.29, 0.717) is 11.3 Å². The van der Waals surface area contributed by atoms with Gasteiger partial charge in [-0.05, 0) is 55.0 Å². The molecule has 2 rings (SSSR count). The van der Waals surface area contributed by atoms with E-state index in [2.05, 4.69) is 10.2 Å². The molecule has 0 fully saturated rings. The number of carbonyl (C=O) groups is 1. The number of rotatable bonds is 6. The molecule has 0 saturated heterocycles. The van der Waals surface area contributed by atoms with Crippen LogP contribution in [-0.2, 0) is 19.7 Å². The van der Waals surface area contributed by atoms with Gasteiger partial charge in [0.15, 0.2) is 0 Å². The SMILES string of the molecule is Cc1cc(F)ccc1NC(=O)CONS(=O)(=O)c1ccc(F)cc1. The molecule has 2 N–H and O–H groups in total. The first kappa shape index (κ1) is 18.0. The van der Waals surface area contributed by atoms with Gasteiger partial charge in [0.1, 0.15) is 18.2 Å². The van der Waals surface area contributed by atoms with Crippen LogP contribution < -0.4 is 10.2 Å². The molecule has 1 amide bonds. The molecule has 0 heterocycles. The number of hydrogen-bond donors (Lipinski definition) is 2. The molecule has 24 heavy (non-hydrogen) atoms. The number of amides is 1. The fourth-order valence-electron chi connectivity index (χ4n) is 1.79. The van der Waals surface area contributed by atoms with E-state index < -0.39 is 34.2 Å². The lowest BCUT2D eigenvalue weighted by Crippen LogP contribution is -2.29. The van der Waals surface area contributed by atoms with E-state index in [1.54, 1.807) is 11.8 Å². The van der Waals surface area contributed by atoms with Crippen LogP contribution in [0.2, 0.25) is 0 Å². The number of sulfonamides is 1. The van der Waals surface area contributed by atoms with Crippen molar-refractivity contribution in [1.82, 2.24) is 4.89 Å². The number of halogens is 2. The summed E-state index contributed by atoms with van der Waals surface area (Å²) >= 11 is 0. The average molecular weight is 356 g/mol. The lowest BCUT2D eigenvalue weighted by atomic mass is 10.2. The van der Waals surface area contributed by atoms with Crippen LogP contribution in [-0.4, -0.2) is 20.9 Å². The molecule has 0 aliphatic carbocycles. The van der Waals surface area contributed by atoms with Gasteiger partial charge in [-0.3, -0.25) is 9.63 Å². The predicted molar refractivity (Wildman–Crippen MR) is 82.4 cm³/mol. The number of aryl methyl sites for hydroxylation is 1. The molecular formula is C15H14F2N2O4S. The van der Waals surface area contributed by atoms with Crippen LogP contribution in [0.15, 0.2) is 47.4 Å². The van der Waals surface area contributed by atoms with Crippen LogP contribution in [0.1, 0.15) is 5.56 Å². The highest BCUT2D eigenvalue weighted by Gasteiger charge is 2.15. The first-order chi connectivity index (χ1) is 11.3. The van der Waals surface area contributed by atoms with E-state index in [0.717, 1.165) is 24.3 Å². The van der Waals surface area contributed by atoms with Crippen molar-refractivity contribution < 1.29 is 26.8 Å². The maximum absolute atomic E-state index is 13.0. The average Bonchev–Trinajstić information content (AvgIpc) is 2.50. The minimum atomic E-state index is -4.03. The Bertz CT molecular complexity index is 839. The van der Waals surface area contributed by atoms with Crippen molar-refractivity contribution in [2.45, 2.75) is 11.8 Å². The first-order valence-electron chi connectivity index (χ1n) is 6.73. The molecular weight excluding hydrogens is 342 g/mol. The van der Waals surface area contributed by atoms with Crippen LogP contribution in [0, 0.1) is 18.6 Å². The minimum absolute atomic E-state index is 0.210. The Hall–Kier alpha value is -2.36. The van der Waals surface area contributed by atoms with Gasteiger partial charge in [-0.1, -0.05) is 4.89 Å². The molecule has 128 valence electrons. The number of nitrogens with one attached hydrogen (secondary N) is 2. The minimum Gasteiger partial charge on any atom is -0.324 e. The largest absolute Gasteiger partial charge is 0.324 e. The Kier molecular flexibility index (Phi) is 5.60. The molecule has 0 saturated carbocycles. The molecule has 0 unspecified atom stereocenters. The van der Waals surface area contributed by atoms with Gasteiger partial charge in [0.25, 0.3) is 15.9 Å². The highest BCUT2D eigenvalue weighted by atomic mass is 32.2. The standard InChI is InChI=1S/C15H14F2N2O4S/c1-10-8-12(17)4-7-14(10)18-15(20)9-23-19-24(21,22)13-5-2-11(16)3-6-13/h2-8,19H,9H2,1H3,(H,18,20). The highest BCUT2D eigenvalue weighted by Crippen LogP contribution is 2.15. The molecule has 0 bridgehead atoms. The zero-order chi connectivity index (χ0) is 17.7. The van der Waals surface area contributed by atoms with Crippen LogP contribution in [0.4, 0.5) is 14.5 Å². The van der Waals surface area contributed by atoms with Gasteiger partial charge in [0.05, 0.1) is 4.90 Å². The monoisotopic (exact) mass is 356 g/mol.